The zero-order valence-corrected chi connectivity index (χ0v) is 18.0. The van der Waals surface area contributed by atoms with Gasteiger partial charge < -0.3 is 34.1 Å². The zero-order chi connectivity index (χ0) is 20.8. The van der Waals surface area contributed by atoms with E-state index in [1.807, 2.05) is 24.3 Å². The number of rotatable bonds is 6. The van der Waals surface area contributed by atoms with Crippen LogP contribution >= 0.6 is 12.2 Å². The van der Waals surface area contributed by atoms with Crippen LogP contribution in [0.3, 0.4) is 0 Å². The molecule has 8 heteroatoms. The second-order valence-electron chi connectivity index (χ2n) is 6.52. The Hall–Kier alpha value is -2.87. The molecule has 0 bridgehead atoms. The van der Waals surface area contributed by atoms with Crippen LogP contribution in [0.1, 0.15) is 0 Å². The number of anilines is 2. The average molecular weight is 418 g/mol. The van der Waals surface area contributed by atoms with Crippen molar-refractivity contribution < 1.29 is 18.9 Å². The number of hydrogen-bond acceptors (Lipinski definition) is 6. The summed E-state index contributed by atoms with van der Waals surface area (Å²) in [5.74, 6) is 2.59. The van der Waals surface area contributed by atoms with Crippen LogP contribution in [-0.2, 0) is 0 Å². The fourth-order valence-electron chi connectivity index (χ4n) is 3.33. The van der Waals surface area contributed by atoms with Crippen molar-refractivity contribution in [2.45, 2.75) is 0 Å². The Labute approximate surface area is 177 Å². The second-order valence-corrected chi connectivity index (χ2v) is 6.91. The Kier molecular flexibility index (Phi) is 6.87. The Morgan fingerprint density at radius 1 is 0.862 bits per heavy atom. The largest absolute Gasteiger partial charge is 0.497 e. The van der Waals surface area contributed by atoms with Crippen LogP contribution in [0.15, 0.2) is 36.4 Å². The van der Waals surface area contributed by atoms with Gasteiger partial charge in [0.25, 0.3) is 0 Å². The fraction of sp³-hybridized carbons (Fsp3) is 0.381. The van der Waals surface area contributed by atoms with E-state index in [1.165, 1.54) is 0 Å². The average Bonchev–Trinajstić information content (AvgIpc) is 2.78. The highest BCUT2D eigenvalue weighted by Crippen LogP contribution is 2.40. The molecule has 29 heavy (non-hydrogen) atoms. The number of hydrogen-bond donors (Lipinski definition) is 1. The first kappa shape index (κ1) is 20.9. The Balaban J connectivity index is 1.64. The lowest BCUT2D eigenvalue weighted by atomic mass is 10.2. The van der Waals surface area contributed by atoms with Gasteiger partial charge in [-0.1, -0.05) is 6.07 Å². The van der Waals surface area contributed by atoms with E-state index in [4.69, 9.17) is 31.2 Å². The van der Waals surface area contributed by atoms with Crippen LogP contribution in [0.25, 0.3) is 0 Å². The van der Waals surface area contributed by atoms with Gasteiger partial charge in [0.2, 0.25) is 5.75 Å². The van der Waals surface area contributed by atoms with Gasteiger partial charge in [0.1, 0.15) is 5.75 Å². The van der Waals surface area contributed by atoms with Crippen LogP contribution in [0.5, 0.6) is 23.0 Å². The maximum atomic E-state index is 5.63. The lowest BCUT2D eigenvalue weighted by Crippen LogP contribution is -2.50. The smallest absolute Gasteiger partial charge is 0.203 e. The predicted octanol–water partition coefficient (Wildman–Crippen LogP) is 3.24. The van der Waals surface area contributed by atoms with E-state index in [0.717, 1.165) is 43.3 Å². The summed E-state index contributed by atoms with van der Waals surface area (Å²) in [4.78, 5) is 4.50. The number of nitrogens with zero attached hydrogens (tertiary/aromatic N) is 2. The third-order valence-electron chi connectivity index (χ3n) is 4.90. The van der Waals surface area contributed by atoms with Crippen LogP contribution in [0.4, 0.5) is 11.4 Å². The summed E-state index contributed by atoms with van der Waals surface area (Å²) >= 11 is 5.63. The highest BCUT2D eigenvalue weighted by atomic mass is 32.1. The lowest BCUT2D eigenvalue weighted by Gasteiger charge is -2.37. The highest BCUT2D eigenvalue weighted by Gasteiger charge is 2.21. The van der Waals surface area contributed by atoms with Gasteiger partial charge >= 0.3 is 0 Å². The van der Waals surface area contributed by atoms with Crippen molar-refractivity contribution in [1.82, 2.24) is 4.90 Å². The molecule has 0 aliphatic carbocycles. The van der Waals surface area contributed by atoms with Crippen LogP contribution < -0.4 is 29.2 Å². The van der Waals surface area contributed by atoms with Crippen molar-refractivity contribution in [3.05, 3.63) is 36.4 Å². The number of nitrogens with one attached hydrogen (secondary N) is 1. The number of ether oxygens (including phenoxy) is 4. The molecular weight excluding hydrogens is 390 g/mol. The van der Waals surface area contributed by atoms with Crippen LogP contribution in [-0.4, -0.2) is 64.6 Å². The first-order chi connectivity index (χ1) is 14.1. The van der Waals surface area contributed by atoms with E-state index in [9.17, 15) is 0 Å². The van der Waals surface area contributed by atoms with Crippen LogP contribution in [0, 0.1) is 0 Å². The van der Waals surface area contributed by atoms with Crippen molar-refractivity contribution in [2.24, 2.45) is 0 Å². The standard InChI is InChI=1S/C21H27N3O4S/c1-25-17-7-5-6-16(14-17)23-8-10-24(11-9-23)21(29)22-15-12-18(26-2)20(28-4)19(13-15)27-3/h5-7,12-14H,8-11H2,1-4H3,(H,22,29). The summed E-state index contributed by atoms with van der Waals surface area (Å²) in [5.41, 5.74) is 1.95. The summed E-state index contributed by atoms with van der Waals surface area (Å²) in [5, 5.41) is 3.96. The molecule has 0 spiro atoms. The maximum Gasteiger partial charge on any atom is 0.203 e. The van der Waals surface area contributed by atoms with Crippen molar-refractivity contribution in [1.29, 1.82) is 0 Å². The Bertz CT molecular complexity index is 829. The lowest BCUT2D eigenvalue weighted by molar-refractivity contribution is 0.324. The van der Waals surface area contributed by atoms with E-state index in [2.05, 4.69) is 27.2 Å². The second kappa shape index (κ2) is 9.56. The predicted molar refractivity (Wildman–Crippen MR) is 119 cm³/mol. The molecule has 1 aliphatic heterocycles. The van der Waals surface area contributed by atoms with Gasteiger partial charge in [0.15, 0.2) is 16.6 Å². The molecule has 156 valence electrons. The minimum Gasteiger partial charge on any atom is -0.497 e. The summed E-state index contributed by atoms with van der Waals surface area (Å²) in [7, 11) is 6.46. The molecule has 1 fully saturated rings. The van der Waals surface area contributed by atoms with E-state index >= 15 is 0 Å². The summed E-state index contributed by atoms with van der Waals surface area (Å²) in [6, 6.07) is 11.8. The molecule has 0 atom stereocenters. The van der Waals surface area contributed by atoms with Gasteiger partial charge in [-0.3, -0.25) is 0 Å². The molecule has 1 heterocycles. The molecule has 0 radical (unpaired) electrons. The van der Waals surface area contributed by atoms with Crippen molar-refractivity contribution in [3.8, 4) is 23.0 Å². The van der Waals surface area contributed by atoms with Gasteiger partial charge in [0.05, 0.1) is 28.4 Å². The molecule has 0 saturated carbocycles. The molecule has 0 unspecified atom stereocenters. The van der Waals surface area contributed by atoms with Gasteiger partial charge in [-0.25, -0.2) is 0 Å². The van der Waals surface area contributed by atoms with E-state index in [0.29, 0.717) is 22.4 Å². The minimum absolute atomic E-state index is 0.554. The minimum atomic E-state index is 0.554. The van der Waals surface area contributed by atoms with Gasteiger partial charge in [-0.15, -0.1) is 0 Å². The number of benzene rings is 2. The maximum absolute atomic E-state index is 5.63. The molecule has 0 aromatic heterocycles. The molecular formula is C21H27N3O4S. The molecule has 1 aliphatic rings. The normalized spacial score (nSPS) is 13.7. The number of methoxy groups -OCH3 is 4. The zero-order valence-electron chi connectivity index (χ0n) is 17.2. The molecule has 1 N–H and O–H groups in total. The van der Waals surface area contributed by atoms with Crippen LogP contribution in [0.2, 0.25) is 0 Å². The SMILES string of the molecule is COc1cccc(N2CCN(C(=S)Nc3cc(OC)c(OC)c(OC)c3)CC2)c1. The number of thiocarbonyl (C=S) groups is 1. The van der Waals surface area contributed by atoms with Gasteiger partial charge in [-0.05, 0) is 24.4 Å². The van der Waals surface area contributed by atoms with E-state index in [-0.39, 0.29) is 0 Å². The van der Waals surface area contributed by atoms with Crippen molar-refractivity contribution in [3.63, 3.8) is 0 Å². The quantitative estimate of drug-likeness (QED) is 0.719. The summed E-state index contributed by atoms with van der Waals surface area (Å²) in [6.07, 6.45) is 0. The first-order valence-corrected chi connectivity index (χ1v) is 9.75. The third-order valence-corrected chi connectivity index (χ3v) is 5.26. The van der Waals surface area contributed by atoms with E-state index < -0.39 is 0 Å². The Morgan fingerprint density at radius 3 is 2.07 bits per heavy atom. The fourth-order valence-corrected chi connectivity index (χ4v) is 3.63. The van der Waals surface area contributed by atoms with Crippen molar-refractivity contribution in [2.75, 3.05) is 64.8 Å². The third kappa shape index (κ3) is 4.76. The first-order valence-electron chi connectivity index (χ1n) is 9.34. The molecule has 3 rings (SSSR count). The Morgan fingerprint density at radius 2 is 1.52 bits per heavy atom. The topological polar surface area (TPSA) is 55.4 Å². The molecule has 1 saturated heterocycles. The molecule has 2 aromatic rings. The molecule has 7 nitrogen and oxygen atoms in total. The van der Waals surface area contributed by atoms with E-state index in [1.54, 1.807) is 28.4 Å². The van der Waals surface area contributed by atoms with Gasteiger partial charge in [0, 0.05) is 55.8 Å². The van der Waals surface area contributed by atoms with Crippen molar-refractivity contribution >= 4 is 28.7 Å². The molecule has 2 aromatic carbocycles. The molecule has 0 amide bonds. The monoisotopic (exact) mass is 417 g/mol. The summed E-state index contributed by atoms with van der Waals surface area (Å²) < 4.78 is 21.5. The highest BCUT2D eigenvalue weighted by molar-refractivity contribution is 7.80. The van der Waals surface area contributed by atoms with Gasteiger partial charge in [-0.2, -0.15) is 0 Å². The number of piperazine rings is 1. The summed E-state index contributed by atoms with van der Waals surface area (Å²) in [6.45, 7) is 3.41.